The number of carbonyl (C=O) groups is 1. The van der Waals surface area contributed by atoms with Crippen LogP contribution in [0.25, 0.3) is 21.3 Å². The van der Waals surface area contributed by atoms with E-state index in [0.29, 0.717) is 11.1 Å². The maximum absolute atomic E-state index is 13.0. The minimum atomic E-state index is -0.341. The summed E-state index contributed by atoms with van der Waals surface area (Å²) in [4.78, 5) is 26.1. The number of hydrogen-bond donors (Lipinski definition) is 1. The van der Waals surface area contributed by atoms with Gasteiger partial charge in [0.1, 0.15) is 18.1 Å². The van der Waals surface area contributed by atoms with Gasteiger partial charge in [0, 0.05) is 11.9 Å². The number of nitrogens with one attached hydrogen (secondary N) is 1. The molecule has 0 atom stereocenters. The first-order valence-corrected chi connectivity index (χ1v) is 9.54. The summed E-state index contributed by atoms with van der Waals surface area (Å²) in [5, 5.41) is 10.4. The first-order valence-electron chi connectivity index (χ1n) is 8.67. The molecule has 0 aliphatic carbocycles. The Labute approximate surface area is 164 Å². The zero-order valence-electron chi connectivity index (χ0n) is 14.8. The van der Waals surface area contributed by atoms with Gasteiger partial charge in [-0.05, 0) is 35.2 Å². The van der Waals surface area contributed by atoms with E-state index in [1.54, 1.807) is 24.3 Å². The molecule has 0 fully saturated rings. The molecule has 140 valence electrons. The van der Waals surface area contributed by atoms with Crippen molar-refractivity contribution in [1.29, 1.82) is 0 Å². The number of carbonyl (C=O) groups excluding carboxylic acids is 1. The Hall–Kier alpha value is -3.32. The van der Waals surface area contributed by atoms with E-state index in [1.807, 2.05) is 29.6 Å². The molecule has 4 rings (SSSR count). The van der Waals surface area contributed by atoms with Crippen LogP contribution in [0.5, 0.6) is 0 Å². The van der Waals surface area contributed by atoms with Crippen molar-refractivity contribution < 1.29 is 9.18 Å². The zero-order valence-corrected chi connectivity index (χ0v) is 15.6. The topological polar surface area (TPSA) is 64.0 Å². The summed E-state index contributed by atoms with van der Waals surface area (Å²) in [5.41, 5.74) is 1.14. The minimum Gasteiger partial charge on any atom is -0.350 e. The summed E-state index contributed by atoms with van der Waals surface area (Å²) >= 11 is 1.52. The number of thiophene rings is 1. The second-order valence-electron chi connectivity index (χ2n) is 6.24. The summed E-state index contributed by atoms with van der Waals surface area (Å²) in [6.45, 7) is 0.0580. The van der Waals surface area contributed by atoms with Gasteiger partial charge >= 0.3 is 0 Å². The molecule has 0 unspecified atom stereocenters. The molecule has 0 saturated heterocycles. The summed E-state index contributed by atoms with van der Waals surface area (Å²) in [5.74, 6) is -0.672. The summed E-state index contributed by atoms with van der Waals surface area (Å²) in [6.07, 6.45) is 0. The van der Waals surface area contributed by atoms with E-state index in [4.69, 9.17) is 0 Å². The van der Waals surface area contributed by atoms with Crippen LogP contribution >= 0.6 is 11.3 Å². The molecule has 0 saturated carbocycles. The van der Waals surface area contributed by atoms with Gasteiger partial charge in [0.05, 0.1) is 10.3 Å². The Morgan fingerprint density at radius 2 is 1.79 bits per heavy atom. The number of halogens is 1. The molecule has 0 aliphatic heterocycles. The Morgan fingerprint density at radius 1 is 1.04 bits per heavy atom. The van der Waals surface area contributed by atoms with Gasteiger partial charge in [-0.15, -0.1) is 11.3 Å². The van der Waals surface area contributed by atoms with Gasteiger partial charge in [-0.3, -0.25) is 9.59 Å². The van der Waals surface area contributed by atoms with Crippen LogP contribution in [0.15, 0.2) is 70.8 Å². The third-order valence-electron chi connectivity index (χ3n) is 4.32. The molecule has 0 bridgehead atoms. The number of hydrogen-bond acceptors (Lipinski definition) is 4. The molecule has 2 heterocycles. The van der Waals surface area contributed by atoms with Crippen molar-refractivity contribution in [3.63, 3.8) is 0 Å². The van der Waals surface area contributed by atoms with E-state index in [9.17, 15) is 14.0 Å². The second kappa shape index (κ2) is 7.74. The fraction of sp³-hybridized carbons (Fsp3) is 0.0952. The first-order chi connectivity index (χ1) is 13.6. The molecule has 1 amide bonds. The number of benzene rings is 2. The largest absolute Gasteiger partial charge is 0.350 e. The van der Waals surface area contributed by atoms with Gasteiger partial charge in [-0.25, -0.2) is 9.07 Å². The highest BCUT2D eigenvalue weighted by molar-refractivity contribution is 7.13. The van der Waals surface area contributed by atoms with Crippen LogP contribution in [0.1, 0.15) is 5.56 Å². The van der Waals surface area contributed by atoms with E-state index in [0.717, 1.165) is 15.8 Å². The van der Waals surface area contributed by atoms with Gasteiger partial charge in [0.25, 0.3) is 5.56 Å². The van der Waals surface area contributed by atoms with Crippen molar-refractivity contribution in [3.8, 4) is 10.6 Å². The van der Waals surface area contributed by atoms with E-state index in [-0.39, 0.29) is 30.4 Å². The highest BCUT2D eigenvalue weighted by Gasteiger charge is 2.14. The van der Waals surface area contributed by atoms with E-state index in [2.05, 4.69) is 10.4 Å². The lowest BCUT2D eigenvalue weighted by molar-refractivity contribution is -0.122. The summed E-state index contributed by atoms with van der Waals surface area (Å²) < 4.78 is 14.2. The normalized spacial score (nSPS) is 10.9. The van der Waals surface area contributed by atoms with Crippen LogP contribution in [-0.2, 0) is 17.9 Å². The van der Waals surface area contributed by atoms with Gasteiger partial charge in [-0.1, -0.05) is 36.4 Å². The lowest BCUT2D eigenvalue weighted by Gasteiger charge is -2.11. The number of nitrogens with zero attached hydrogens (tertiary/aromatic N) is 2. The van der Waals surface area contributed by atoms with Crippen molar-refractivity contribution in [1.82, 2.24) is 15.1 Å². The monoisotopic (exact) mass is 393 g/mol. The van der Waals surface area contributed by atoms with Crippen LogP contribution in [0.2, 0.25) is 0 Å². The molecule has 5 nitrogen and oxygen atoms in total. The molecule has 28 heavy (non-hydrogen) atoms. The maximum atomic E-state index is 13.0. The van der Waals surface area contributed by atoms with Crippen LogP contribution in [0.4, 0.5) is 4.39 Å². The average molecular weight is 393 g/mol. The smallest absolute Gasteiger partial charge is 0.275 e. The lowest BCUT2D eigenvalue weighted by Crippen LogP contribution is -2.33. The zero-order chi connectivity index (χ0) is 19.5. The van der Waals surface area contributed by atoms with Crippen LogP contribution in [0, 0.1) is 5.82 Å². The summed E-state index contributed by atoms with van der Waals surface area (Å²) in [7, 11) is 0. The molecule has 1 N–H and O–H groups in total. The lowest BCUT2D eigenvalue weighted by atomic mass is 10.1. The van der Waals surface area contributed by atoms with Crippen molar-refractivity contribution in [2.24, 2.45) is 0 Å². The van der Waals surface area contributed by atoms with Crippen LogP contribution < -0.4 is 10.9 Å². The third-order valence-corrected chi connectivity index (χ3v) is 5.20. The molecule has 2 aromatic heterocycles. The summed E-state index contributed by atoms with van der Waals surface area (Å²) in [6, 6.07) is 17.0. The third kappa shape index (κ3) is 3.70. The van der Waals surface area contributed by atoms with E-state index < -0.39 is 0 Å². The fourth-order valence-corrected chi connectivity index (χ4v) is 3.66. The van der Waals surface area contributed by atoms with Crippen molar-refractivity contribution >= 4 is 28.0 Å². The highest BCUT2D eigenvalue weighted by atomic mass is 32.1. The van der Waals surface area contributed by atoms with Crippen LogP contribution in [0.3, 0.4) is 0 Å². The van der Waals surface area contributed by atoms with Gasteiger partial charge in [0.2, 0.25) is 5.91 Å². The Morgan fingerprint density at radius 3 is 2.50 bits per heavy atom. The first kappa shape index (κ1) is 18.1. The van der Waals surface area contributed by atoms with Crippen LogP contribution in [-0.4, -0.2) is 15.7 Å². The number of aromatic nitrogens is 2. The van der Waals surface area contributed by atoms with E-state index in [1.165, 1.54) is 28.2 Å². The predicted molar refractivity (Wildman–Crippen MR) is 108 cm³/mol. The number of amides is 1. The standard InChI is InChI=1S/C21H16FN3O2S/c22-15-9-7-14(8-10-15)12-23-19(26)13-25-21(27)17-5-2-1-4-16(17)20(24-25)18-6-3-11-28-18/h1-11H,12-13H2,(H,23,26). The molecular formula is C21H16FN3O2S. The quantitative estimate of drug-likeness (QED) is 0.564. The van der Waals surface area contributed by atoms with Gasteiger partial charge in [0.15, 0.2) is 0 Å². The van der Waals surface area contributed by atoms with Crippen molar-refractivity contribution in [2.75, 3.05) is 0 Å². The molecule has 7 heteroatoms. The second-order valence-corrected chi connectivity index (χ2v) is 7.19. The Balaban J connectivity index is 1.61. The predicted octanol–water partition coefficient (Wildman–Crippen LogP) is 3.58. The highest BCUT2D eigenvalue weighted by Crippen LogP contribution is 2.28. The van der Waals surface area contributed by atoms with Gasteiger partial charge in [-0.2, -0.15) is 5.10 Å². The van der Waals surface area contributed by atoms with Crippen molar-refractivity contribution in [3.05, 3.63) is 87.8 Å². The Bertz CT molecular complexity index is 1180. The molecule has 4 aromatic rings. The van der Waals surface area contributed by atoms with Gasteiger partial charge < -0.3 is 5.32 Å². The molecular weight excluding hydrogens is 377 g/mol. The maximum Gasteiger partial charge on any atom is 0.275 e. The minimum absolute atomic E-state index is 0.191. The number of fused-ring (bicyclic) bond motifs is 1. The Kier molecular flexibility index (Phi) is 4.99. The average Bonchev–Trinajstić information content (AvgIpc) is 3.24. The number of rotatable bonds is 5. The molecule has 0 aliphatic rings. The van der Waals surface area contributed by atoms with Crippen molar-refractivity contribution in [2.45, 2.75) is 13.1 Å². The fourth-order valence-electron chi connectivity index (χ4n) is 2.93. The SMILES string of the molecule is O=C(Cn1nc(-c2cccs2)c2ccccc2c1=O)NCc1ccc(F)cc1. The van der Waals surface area contributed by atoms with E-state index >= 15 is 0 Å². The molecule has 2 aromatic carbocycles. The molecule has 0 radical (unpaired) electrons. The molecule has 0 spiro atoms.